The first kappa shape index (κ1) is 15.2. The van der Waals surface area contributed by atoms with Crippen molar-refractivity contribution in [3.8, 4) is 0 Å². The maximum absolute atomic E-state index is 12.1. The van der Waals surface area contributed by atoms with Crippen LogP contribution < -0.4 is 10.0 Å². The molecule has 0 aliphatic rings. The summed E-state index contributed by atoms with van der Waals surface area (Å²) in [5.41, 5.74) is 0. The average Bonchev–Trinajstić information content (AvgIpc) is 3.08. The quantitative estimate of drug-likeness (QED) is 0.734. The lowest BCUT2D eigenvalue weighted by atomic mass is 10.4. The maximum atomic E-state index is 12.1. The number of thiophene rings is 1. The van der Waals surface area contributed by atoms with Crippen molar-refractivity contribution in [1.82, 2.24) is 10.0 Å². The first-order chi connectivity index (χ1) is 9.62. The highest BCUT2D eigenvalue weighted by molar-refractivity contribution is 7.91. The molecular formula is C13H18N2O3S2. The summed E-state index contributed by atoms with van der Waals surface area (Å²) in [4.78, 5) is 1.01. The van der Waals surface area contributed by atoms with E-state index < -0.39 is 10.0 Å². The van der Waals surface area contributed by atoms with Gasteiger partial charge in [0.15, 0.2) is 0 Å². The Labute approximate surface area is 123 Å². The van der Waals surface area contributed by atoms with Crippen LogP contribution in [0.3, 0.4) is 0 Å². The zero-order chi connectivity index (χ0) is 14.4. The Morgan fingerprint density at radius 1 is 1.25 bits per heavy atom. The summed E-state index contributed by atoms with van der Waals surface area (Å²) < 4.78 is 32.2. The summed E-state index contributed by atoms with van der Waals surface area (Å²) in [6, 6.07) is 6.94. The van der Waals surface area contributed by atoms with Crippen molar-refractivity contribution in [2.45, 2.75) is 30.6 Å². The van der Waals surface area contributed by atoms with E-state index in [0.29, 0.717) is 16.5 Å². The molecule has 2 aromatic rings. The van der Waals surface area contributed by atoms with Crippen LogP contribution in [0.5, 0.6) is 0 Å². The summed E-state index contributed by atoms with van der Waals surface area (Å²) in [6.07, 6.45) is 2.58. The number of hydrogen-bond donors (Lipinski definition) is 2. The van der Waals surface area contributed by atoms with Crippen LogP contribution in [-0.2, 0) is 23.1 Å². The van der Waals surface area contributed by atoms with Crippen molar-refractivity contribution in [2.24, 2.45) is 0 Å². The minimum absolute atomic E-state index is 0.163. The maximum Gasteiger partial charge on any atom is 0.250 e. The molecule has 20 heavy (non-hydrogen) atoms. The Balaban J connectivity index is 1.95. The SMILES string of the molecule is CCCNCc1ccc(S(=O)(=O)NCc2ccco2)s1. The second-order valence-electron chi connectivity index (χ2n) is 4.30. The van der Waals surface area contributed by atoms with Crippen LogP contribution in [0.15, 0.2) is 39.2 Å². The monoisotopic (exact) mass is 314 g/mol. The molecular weight excluding hydrogens is 296 g/mol. The Morgan fingerprint density at radius 3 is 2.80 bits per heavy atom. The van der Waals surface area contributed by atoms with Gasteiger partial charge < -0.3 is 9.73 Å². The Kier molecular flexibility index (Phi) is 5.36. The third-order valence-corrected chi connectivity index (χ3v) is 5.62. The Hall–Kier alpha value is -1.15. The fourth-order valence-corrected chi connectivity index (χ4v) is 4.00. The molecule has 0 saturated heterocycles. The van der Waals surface area contributed by atoms with Crippen molar-refractivity contribution >= 4 is 21.4 Å². The van der Waals surface area contributed by atoms with Crippen LogP contribution in [0.4, 0.5) is 0 Å². The molecule has 0 spiro atoms. The summed E-state index contributed by atoms with van der Waals surface area (Å²) in [5.74, 6) is 0.593. The molecule has 0 aliphatic heterocycles. The minimum atomic E-state index is -3.47. The molecule has 7 heteroatoms. The van der Waals surface area contributed by atoms with Crippen molar-refractivity contribution < 1.29 is 12.8 Å². The second-order valence-corrected chi connectivity index (χ2v) is 7.46. The second kappa shape index (κ2) is 7.03. The van der Waals surface area contributed by atoms with Gasteiger partial charge in [0.1, 0.15) is 9.97 Å². The van der Waals surface area contributed by atoms with Gasteiger partial charge in [0.25, 0.3) is 0 Å². The minimum Gasteiger partial charge on any atom is -0.468 e. The molecule has 0 bridgehead atoms. The highest BCUT2D eigenvalue weighted by Gasteiger charge is 2.16. The first-order valence-corrected chi connectivity index (χ1v) is 8.73. The average molecular weight is 314 g/mol. The fourth-order valence-electron chi connectivity index (χ4n) is 1.64. The van der Waals surface area contributed by atoms with E-state index in [-0.39, 0.29) is 6.54 Å². The predicted octanol–water partition coefficient (Wildman–Crippen LogP) is 2.32. The van der Waals surface area contributed by atoms with E-state index in [2.05, 4.69) is 17.0 Å². The number of furan rings is 1. The molecule has 2 aromatic heterocycles. The van der Waals surface area contributed by atoms with Gasteiger partial charge in [0, 0.05) is 11.4 Å². The van der Waals surface area contributed by atoms with E-state index in [1.807, 2.05) is 6.07 Å². The number of rotatable bonds is 8. The number of sulfonamides is 1. The van der Waals surface area contributed by atoms with Crippen molar-refractivity contribution in [2.75, 3.05) is 6.54 Å². The van der Waals surface area contributed by atoms with Gasteiger partial charge in [0.05, 0.1) is 12.8 Å². The lowest BCUT2D eigenvalue weighted by molar-refractivity contribution is 0.499. The van der Waals surface area contributed by atoms with Crippen molar-refractivity contribution in [3.63, 3.8) is 0 Å². The van der Waals surface area contributed by atoms with Gasteiger partial charge in [-0.3, -0.25) is 0 Å². The molecule has 0 unspecified atom stereocenters. The van der Waals surface area contributed by atoms with Crippen LogP contribution >= 0.6 is 11.3 Å². The summed E-state index contributed by atoms with van der Waals surface area (Å²) in [5, 5.41) is 3.25. The van der Waals surface area contributed by atoms with E-state index in [4.69, 9.17) is 4.42 Å². The van der Waals surface area contributed by atoms with E-state index >= 15 is 0 Å². The molecule has 5 nitrogen and oxygen atoms in total. The summed E-state index contributed by atoms with van der Waals surface area (Å²) in [7, 11) is -3.47. The highest BCUT2D eigenvalue weighted by atomic mass is 32.2. The van der Waals surface area contributed by atoms with Gasteiger partial charge in [0.2, 0.25) is 10.0 Å². The van der Waals surface area contributed by atoms with E-state index in [1.165, 1.54) is 17.6 Å². The molecule has 0 saturated carbocycles. The molecule has 0 radical (unpaired) electrons. The van der Waals surface area contributed by atoms with Gasteiger partial charge in [-0.2, -0.15) is 0 Å². The van der Waals surface area contributed by atoms with Crippen LogP contribution in [0.2, 0.25) is 0 Å². The van der Waals surface area contributed by atoms with Gasteiger partial charge >= 0.3 is 0 Å². The number of nitrogens with one attached hydrogen (secondary N) is 2. The zero-order valence-corrected chi connectivity index (χ0v) is 12.9. The zero-order valence-electron chi connectivity index (χ0n) is 11.3. The molecule has 0 amide bonds. The highest BCUT2D eigenvalue weighted by Crippen LogP contribution is 2.21. The van der Waals surface area contributed by atoms with Crippen molar-refractivity contribution in [3.05, 3.63) is 41.2 Å². The Morgan fingerprint density at radius 2 is 2.10 bits per heavy atom. The lowest BCUT2D eigenvalue weighted by Gasteiger charge is -2.02. The smallest absolute Gasteiger partial charge is 0.250 e. The van der Waals surface area contributed by atoms with Gasteiger partial charge in [-0.25, -0.2) is 13.1 Å². The molecule has 110 valence electrons. The molecule has 0 aromatic carbocycles. The summed E-state index contributed by atoms with van der Waals surface area (Å²) in [6.45, 7) is 3.88. The van der Waals surface area contributed by atoms with E-state index in [0.717, 1.165) is 17.8 Å². The molecule has 2 N–H and O–H groups in total. The van der Waals surface area contributed by atoms with Crippen molar-refractivity contribution in [1.29, 1.82) is 0 Å². The van der Waals surface area contributed by atoms with Crippen LogP contribution in [0, 0.1) is 0 Å². The standard InChI is InChI=1S/C13H18N2O3S2/c1-2-7-14-10-12-5-6-13(19-12)20(16,17)15-9-11-4-3-8-18-11/h3-6,8,14-15H,2,7,9-10H2,1H3. The number of hydrogen-bond acceptors (Lipinski definition) is 5. The van der Waals surface area contributed by atoms with Crippen LogP contribution in [0.1, 0.15) is 24.0 Å². The Bertz CT molecular complexity index is 618. The lowest BCUT2D eigenvalue weighted by Crippen LogP contribution is -2.22. The third kappa shape index (κ3) is 4.17. The molecule has 2 rings (SSSR count). The van der Waals surface area contributed by atoms with E-state index in [9.17, 15) is 8.42 Å². The van der Waals surface area contributed by atoms with E-state index in [1.54, 1.807) is 18.2 Å². The topological polar surface area (TPSA) is 71.3 Å². The predicted molar refractivity (Wildman–Crippen MR) is 79.1 cm³/mol. The molecule has 0 aliphatic carbocycles. The summed E-state index contributed by atoms with van der Waals surface area (Å²) >= 11 is 1.28. The molecule has 0 atom stereocenters. The largest absolute Gasteiger partial charge is 0.468 e. The molecule has 2 heterocycles. The normalized spacial score (nSPS) is 11.8. The first-order valence-electron chi connectivity index (χ1n) is 6.43. The van der Waals surface area contributed by atoms with Gasteiger partial charge in [-0.1, -0.05) is 6.92 Å². The van der Waals surface area contributed by atoms with Crippen LogP contribution in [0.25, 0.3) is 0 Å². The van der Waals surface area contributed by atoms with Gasteiger partial charge in [-0.15, -0.1) is 11.3 Å². The fraction of sp³-hybridized carbons (Fsp3) is 0.385. The molecule has 0 fully saturated rings. The van der Waals surface area contributed by atoms with Gasteiger partial charge in [-0.05, 0) is 37.2 Å². The van der Waals surface area contributed by atoms with Crippen LogP contribution in [-0.4, -0.2) is 15.0 Å². The third-order valence-electron chi connectivity index (χ3n) is 2.64.